The van der Waals surface area contributed by atoms with Gasteiger partial charge in [-0.15, -0.1) is 0 Å². The highest BCUT2D eigenvalue weighted by molar-refractivity contribution is 4.89. The van der Waals surface area contributed by atoms with Crippen LogP contribution in [0.25, 0.3) is 0 Å². The van der Waals surface area contributed by atoms with Gasteiger partial charge in [0.25, 0.3) is 0 Å². The molecule has 1 aliphatic rings. The third kappa shape index (κ3) is 5.37. The predicted molar refractivity (Wildman–Crippen MR) is 90.2 cm³/mol. The van der Waals surface area contributed by atoms with E-state index in [9.17, 15) is 0 Å². The molecule has 0 saturated heterocycles. The Morgan fingerprint density at radius 3 is 2.35 bits per heavy atom. The SMILES string of the molecule is CCC(CC)CN(CC)CC1CC(C)(C)CCC1NC. The van der Waals surface area contributed by atoms with Crippen LogP contribution < -0.4 is 5.32 Å². The topological polar surface area (TPSA) is 15.3 Å². The molecule has 0 amide bonds. The normalized spacial score (nSPS) is 26.4. The van der Waals surface area contributed by atoms with E-state index >= 15 is 0 Å². The summed E-state index contributed by atoms with van der Waals surface area (Å²) in [5.74, 6) is 1.69. The smallest absolute Gasteiger partial charge is 0.0105 e. The first-order valence-corrected chi connectivity index (χ1v) is 8.85. The van der Waals surface area contributed by atoms with Gasteiger partial charge >= 0.3 is 0 Å². The monoisotopic (exact) mass is 282 g/mol. The molecule has 20 heavy (non-hydrogen) atoms. The fourth-order valence-corrected chi connectivity index (χ4v) is 3.88. The zero-order valence-electron chi connectivity index (χ0n) is 14.8. The summed E-state index contributed by atoms with van der Waals surface area (Å²) in [5, 5.41) is 3.58. The van der Waals surface area contributed by atoms with Crippen LogP contribution in [0.15, 0.2) is 0 Å². The van der Waals surface area contributed by atoms with E-state index in [2.05, 4.69) is 51.9 Å². The summed E-state index contributed by atoms with van der Waals surface area (Å²) >= 11 is 0. The molecule has 0 heterocycles. The van der Waals surface area contributed by atoms with Crippen molar-refractivity contribution in [2.75, 3.05) is 26.7 Å². The van der Waals surface area contributed by atoms with Crippen molar-refractivity contribution in [1.82, 2.24) is 10.2 Å². The Bertz CT molecular complexity index is 258. The van der Waals surface area contributed by atoms with Crippen molar-refractivity contribution in [3.63, 3.8) is 0 Å². The van der Waals surface area contributed by atoms with E-state index in [1.807, 2.05) is 0 Å². The van der Waals surface area contributed by atoms with Gasteiger partial charge in [0.05, 0.1) is 0 Å². The molecule has 0 aromatic heterocycles. The maximum Gasteiger partial charge on any atom is 0.0105 e. The first kappa shape index (κ1) is 18.0. The Kier molecular flexibility index (Phi) is 7.53. The van der Waals surface area contributed by atoms with Crippen molar-refractivity contribution in [2.24, 2.45) is 17.3 Å². The van der Waals surface area contributed by atoms with Gasteiger partial charge in [0, 0.05) is 19.1 Å². The van der Waals surface area contributed by atoms with Gasteiger partial charge in [-0.05, 0) is 50.1 Å². The van der Waals surface area contributed by atoms with Crippen LogP contribution in [-0.2, 0) is 0 Å². The molecule has 1 saturated carbocycles. The molecule has 1 fully saturated rings. The van der Waals surface area contributed by atoms with E-state index in [1.165, 1.54) is 51.7 Å². The zero-order valence-corrected chi connectivity index (χ0v) is 14.8. The number of hydrogen-bond acceptors (Lipinski definition) is 2. The Labute approximate surface area is 127 Å². The molecule has 1 aliphatic carbocycles. The molecule has 2 atom stereocenters. The fraction of sp³-hybridized carbons (Fsp3) is 1.00. The van der Waals surface area contributed by atoms with Crippen LogP contribution in [0.4, 0.5) is 0 Å². The predicted octanol–water partition coefficient (Wildman–Crippen LogP) is 4.16. The second-order valence-corrected chi connectivity index (χ2v) is 7.60. The van der Waals surface area contributed by atoms with Crippen LogP contribution in [0, 0.1) is 17.3 Å². The van der Waals surface area contributed by atoms with Crippen molar-refractivity contribution in [3.8, 4) is 0 Å². The molecule has 0 aromatic carbocycles. The number of hydrogen-bond donors (Lipinski definition) is 1. The lowest BCUT2D eigenvalue weighted by Crippen LogP contribution is -2.47. The maximum atomic E-state index is 3.58. The minimum Gasteiger partial charge on any atom is -0.317 e. The van der Waals surface area contributed by atoms with Crippen molar-refractivity contribution in [3.05, 3.63) is 0 Å². The molecular formula is C18H38N2. The Morgan fingerprint density at radius 2 is 1.85 bits per heavy atom. The molecule has 0 aliphatic heterocycles. The first-order chi connectivity index (χ1) is 9.45. The van der Waals surface area contributed by atoms with Crippen LogP contribution in [0.5, 0.6) is 0 Å². The molecule has 1 rings (SSSR count). The fourth-order valence-electron chi connectivity index (χ4n) is 3.88. The average Bonchev–Trinajstić information content (AvgIpc) is 2.42. The largest absolute Gasteiger partial charge is 0.317 e. The van der Waals surface area contributed by atoms with Crippen LogP contribution in [0.2, 0.25) is 0 Å². The van der Waals surface area contributed by atoms with E-state index in [0.717, 1.165) is 17.9 Å². The van der Waals surface area contributed by atoms with Crippen LogP contribution in [0.1, 0.15) is 66.7 Å². The minimum atomic E-state index is 0.534. The van der Waals surface area contributed by atoms with E-state index in [0.29, 0.717) is 5.41 Å². The van der Waals surface area contributed by atoms with Gasteiger partial charge in [-0.2, -0.15) is 0 Å². The maximum absolute atomic E-state index is 3.58. The summed E-state index contributed by atoms with van der Waals surface area (Å²) in [6.45, 7) is 15.7. The Balaban J connectivity index is 2.60. The minimum absolute atomic E-state index is 0.534. The van der Waals surface area contributed by atoms with Gasteiger partial charge < -0.3 is 10.2 Å². The molecule has 2 unspecified atom stereocenters. The molecule has 0 bridgehead atoms. The summed E-state index contributed by atoms with van der Waals surface area (Å²) in [7, 11) is 2.15. The summed E-state index contributed by atoms with van der Waals surface area (Å²) in [6, 6.07) is 0.721. The second kappa shape index (κ2) is 8.38. The molecule has 0 radical (unpaired) electrons. The lowest BCUT2D eigenvalue weighted by molar-refractivity contribution is 0.0973. The van der Waals surface area contributed by atoms with E-state index in [-0.39, 0.29) is 0 Å². The number of nitrogens with zero attached hydrogens (tertiary/aromatic N) is 1. The first-order valence-electron chi connectivity index (χ1n) is 8.85. The van der Waals surface area contributed by atoms with E-state index in [1.54, 1.807) is 0 Å². The van der Waals surface area contributed by atoms with Crippen LogP contribution in [-0.4, -0.2) is 37.6 Å². The highest BCUT2D eigenvalue weighted by Gasteiger charge is 2.34. The lowest BCUT2D eigenvalue weighted by atomic mass is 9.69. The third-order valence-corrected chi connectivity index (χ3v) is 5.50. The van der Waals surface area contributed by atoms with Gasteiger partial charge in [-0.1, -0.05) is 47.5 Å². The van der Waals surface area contributed by atoms with Crippen molar-refractivity contribution < 1.29 is 0 Å². The van der Waals surface area contributed by atoms with Gasteiger partial charge in [-0.25, -0.2) is 0 Å². The van der Waals surface area contributed by atoms with Crippen molar-refractivity contribution >= 4 is 0 Å². The molecule has 0 aromatic rings. The standard InChI is InChI=1S/C18H38N2/c1-7-15(8-2)13-20(9-3)14-16-12-18(4,5)11-10-17(16)19-6/h15-17,19H,7-14H2,1-6H3. The Morgan fingerprint density at radius 1 is 1.20 bits per heavy atom. The van der Waals surface area contributed by atoms with Crippen molar-refractivity contribution in [2.45, 2.75) is 72.8 Å². The third-order valence-electron chi connectivity index (χ3n) is 5.50. The van der Waals surface area contributed by atoms with Crippen LogP contribution >= 0.6 is 0 Å². The molecular weight excluding hydrogens is 244 g/mol. The summed E-state index contributed by atoms with van der Waals surface area (Å²) in [4.78, 5) is 2.70. The highest BCUT2D eigenvalue weighted by Crippen LogP contribution is 2.39. The zero-order chi connectivity index (χ0) is 15.2. The summed E-state index contributed by atoms with van der Waals surface area (Å²) < 4.78 is 0. The van der Waals surface area contributed by atoms with Gasteiger partial charge in [0.2, 0.25) is 0 Å². The van der Waals surface area contributed by atoms with Crippen LogP contribution in [0.3, 0.4) is 0 Å². The second-order valence-electron chi connectivity index (χ2n) is 7.60. The summed E-state index contributed by atoms with van der Waals surface area (Å²) in [5.41, 5.74) is 0.534. The Hall–Kier alpha value is -0.0800. The number of rotatable bonds is 8. The molecule has 2 heteroatoms. The van der Waals surface area contributed by atoms with E-state index in [4.69, 9.17) is 0 Å². The number of nitrogens with one attached hydrogen (secondary N) is 1. The highest BCUT2D eigenvalue weighted by atomic mass is 15.1. The van der Waals surface area contributed by atoms with Gasteiger partial charge in [-0.3, -0.25) is 0 Å². The van der Waals surface area contributed by atoms with Crippen molar-refractivity contribution in [1.29, 1.82) is 0 Å². The molecule has 2 nitrogen and oxygen atoms in total. The molecule has 0 spiro atoms. The summed E-state index contributed by atoms with van der Waals surface area (Å²) in [6.07, 6.45) is 6.72. The van der Waals surface area contributed by atoms with E-state index < -0.39 is 0 Å². The van der Waals surface area contributed by atoms with Gasteiger partial charge in [0.15, 0.2) is 0 Å². The molecule has 1 N–H and O–H groups in total. The lowest BCUT2D eigenvalue weighted by Gasteiger charge is -2.43. The average molecular weight is 283 g/mol. The van der Waals surface area contributed by atoms with Gasteiger partial charge in [0.1, 0.15) is 0 Å². The quantitative estimate of drug-likeness (QED) is 0.719. The molecule has 120 valence electrons.